The standard InChI is InChI=1S/C19H25ClN6O/c1-21-19(22-14-17-6-7-23-24(17)2)26-10-8-25(9-11-26)18(27)13-15-4-3-5-16(20)12-15/h3-7,12H,8-11,13-14H2,1-2H3,(H,21,22). The first kappa shape index (κ1) is 19.2. The van der Waals surface area contributed by atoms with E-state index in [2.05, 4.69) is 20.3 Å². The number of amides is 1. The van der Waals surface area contributed by atoms with Gasteiger partial charge in [-0.05, 0) is 23.8 Å². The second kappa shape index (κ2) is 8.90. The quantitative estimate of drug-likeness (QED) is 0.637. The molecule has 1 aromatic carbocycles. The summed E-state index contributed by atoms with van der Waals surface area (Å²) >= 11 is 6.00. The van der Waals surface area contributed by atoms with E-state index >= 15 is 0 Å². The zero-order chi connectivity index (χ0) is 19.2. The maximum Gasteiger partial charge on any atom is 0.227 e. The molecule has 0 atom stereocenters. The summed E-state index contributed by atoms with van der Waals surface area (Å²) in [5, 5.41) is 8.20. The van der Waals surface area contributed by atoms with Crippen molar-refractivity contribution in [1.29, 1.82) is 0 Å². The van der Waals surface area contributed by atoms with Gasteiger partial charge in [0.2, 0.25) is 5.91 Å². The van der Waals surface area contributed by atoms with Crippen LogP contribution < -0.4 is 5.32 Å². The first-order chi connectivity index (χ1) is 13.1. The Morgan fingerprint density at radius 1 is 1.22 bits per heavy atom. The Morgan fingerprint density at radius 3 is 2.59 bits per heavy atom. The highest BCUT2D eigenvalue weighted by Gasteiger charge is 2.23. The summed E-state index contributed by atoms with van der Waals surface area (Å²) in [7, 11) is 3.70. The molecule has 3 rings (SSSR count). The molecule has 1 aromatic heterocycles. The Balaban J connectivity index is 1.49. The monoisotopic (exact) mass is 388 g/mol. The third kappa shape index (κ3) is 5.01. The van der Waals surface area contributed by atoms with E-state index in [0.29, 0.717) is 31.1 Å². The van der Waals surface area contributed by atoms with Crippen LogP contribution in [0.2, 0.25) is 5.02 Å². The van der Waals surface area contributed by atoms with Gasteiger partial charge in [0.05, 0.1) is 18.7 Å². The molecule has 2 aromatic rings. The van der Waals surface area contributed by atoms with Crippen LogP contribution in [0.1, 0.15) is 11.3 Å². The summed E-state index contributed by atoms with van der Waals surface area (Å²) in [5.74, 6) is 0.980. The fourth-order valence-corrected chi connectivity index (χ4v) is 3.39. The fourth-order valence-electron chi connectivity index (χ4n) is 3.18. The lowest BCUT2D eigenvalue weighted by molar-refractivity contribution is -0.131. The topological polar surface area (TPSA) is 65.8 Å². The van der Waals surface area contributed by atoms with E-state index in [1.165, 1.54) is 0 Å². The van der Waals surface area contributed by atoms with E-state index in [1.807, 2.05) is 47.0 Å². The molecule has 144 valence electrons. The molecule has 7 nitrogen and oxygen atoms in total. The molecule has 1 saturated heterocycles. The van der Waals surface area contributed by atoms with E-state index in [0.717, 1.165) is 30.3 Å². The van der Waals surface area contributed by atoms with Gasteiger partial charge in [-0.1, -0.05) is 23.7 Å². The fraction of sp³-hybridized carbons (Fsp3) is 0.421. The van der Waals surface area contributed by atoms with Gasteiger partial charge in [0.1, 0.15) is 0 Å². The summed E-state index contributed by atoms with van der Waals surface area (Å²) in [6, 6.07) is 9.45. The molecule has 1 aliphatic heterocycles. The minimum atomic E-state index is 0.134. The molecule has 1 N–H and O–H groups in total. The molecule has 0 spiro atoms. The van der Waals surface area contributed by atoms with Crippen molar-refractivity contribution < 1.29 is 4.79 Å². The van der Waals surface area contributed by atoms with Crippen molar-refractivity contribution in [3.8, 4) is 0 Å². The Labute approximate surface area is 164 Å². The summed E-state index contributed by atoms with van der Waals surface area (Å²) < 4.78 is 1.84. The van der Waals surface area contributed by atoms with Crippen LogP contribution in [0.4, 0.5) is 0 Å². The molecule has 2 heterocycles. The summed E-state index contributed by atoms with van der Waals surface area (Å²) in [5.41, 5.74) is 2.04. The molecular formula is C19H25ClN6O. The second-order valence-corrected chi connectivity index (χ2v) is 6.96. The molecule has 0 aliphatic carbocycles. The molecule has 1 amide bonds. The highest BCUT2D eigenvalue weighted by molar-refractivity contribution is 6.30. The summed E-state index contributed by atoms with van der Waals surface area (Å²) in [6.07, 6.45) is 2.16. The number of carbonyl (C=O) groups is 1. The lowest BCUT2D eigenvalue weighted by atomic mass is 10.1. The van der Waals surface area contributed by atoms with Crippen LogP contribution in [0.5, 0.6) is 0 Å². The van der Waals surface area contributed by atoms with Crippen LogP contribution >= 0.6 is 11.6 Å². The van der Waals surface area contributed by atoms with E-state index in [9.17, 15) is 4.79 Å². The highest BCUT2D eigenvalue weighted by Crippen LogP contribution is 2.13. The van der Waals surface area contributed by atoms with Gasteiger partial charge in [-0.2, -0.15) is 5.10 Å². The second-order valence-electron chi connectivity index (χ2n) is 6.52. The minimum Gasteiger partial charge on any atom is -0.351 e. The minimum absolute atomic E-state index is 0.134. The number of aryl methyl sites for hydroxylation is 1. The van der Waals surface area contributed by atoms with E-state index in [-0.39, 0.29) is 5.91 Å². The molecule has 0 bridgehead atoms. The number of hydrogen-bond donors (Lipinski definition) is 1. The number of nitrogens with zero attached hydrogens (tertiary/aromatic N) is 5. The third-order valence-electron chi connectivity index (χ3n) is 4.74. The lowest BCUT2D eigenvalue weighted by Crippen LogP contribution is -2.54. The van der Waals surface area contributed by atoms with Crippen molar-refractivity contribution in [3.05, 3.63) is 52.8 Å². The van der Waals surface area contributed by atoms with Crippen LogP contribution in [0.15, 0.2) is 41.5 Å². The van der Waals surface area contributed by atoms with E-state index < -0.39 is 0 Å². The number of hydrogen-bond acceptors (Lipinski definition) is 3. The number of piperazine rings is 1. The van der Waals surface area contributed by atoms with E-state index in [4.69, 9.17) is 11.6 Å². The number of benzene rings is 1. The molecule has 1 fully saturated rings. The zero-order valence-electron chi connectivity index (χ0n) is 15.7. The Hall–Kier alpha value is -2.54. The Bertz CT molecular complexity index is 810. The number of nitrogens with one attached hydrogen (secondary N) is 1. The maximum absolute atomic E-state index is 12.6. The molecule has 0 unspecified atom stereocenters. The molecule has 0 radical (unpaired) electrons. The van der Waals surface area contributed by atoms with Crippen LogP contribution in [-0.2, 0) is 24.8 Å². The van der Waals surface area contributed by atoms with Crippen molar-refractivity contribution >= 4 is 23.5 Å². The maximum atomic E-state index is 12.6. The first-order valence-corrected chi connectivity index (χ1v) is 9.39. The van der Waals surface area contributed by atoms with Gasteiger partial charge in [-0.25, -0.2) is 0 Å². The number of aliphatic imine (C=N–C) groups is 1. The smallest absolute Gasteiger partial charge is 0.227 e. The van der Waals surface area contributed by atoms with Crippen LogP contribution in [-0.4, -0.2) is 64.7 Å². The molecule has 0 saturated carbocycles. The van der Waals surface area contributed by atoms with E-state index in [1.54, 1.807) is 13.2 Å². The number of aromatic nitrogens is 2. The van der Waals surface area contributed by atoms with Gasteiger partial charge in [0.15, 0.2) is 5.96 Å². The number of rotatable bonds is 4. The highest BCUT2D eigenvalue weighted by atomic mass is 35.5. The predicted molar refractivity (Wildman–Crippen MR) is 107 cm³/mol. The van der Waals surface area contributed by atoms with Gasteiger partial charge >= 0.3 is 0 Å². The lowest BCUT2D eigenvalue weighted by Gasteiger charge is -2.36. The van der Waals surface area contributed by atoms with Gasteiger partial charge in [-0.3, -0.25) is 14.5 Å². The van der Waals surface area contributed by atoms with Crippen LogP contribution in [0.3, 0.4) is 0 Å². The largest absolute Gasteiger partial charge is 0.351 e. The van der Waals surface area contributed by atoms with Crippen molar-refractivity contribution in [1.82, 2.24) is 24.9 Å². The summed E-state index contributed by atoms with van der Waals surface area (Å²) in [4.78, 5) is 21.0. The van der Waals surface area contributed by atoms with Gasteiger partial charge in [-0.15, -0.1) is 0 Å². The first-order valence-electron chi connectivity index (χ1n) is 9.01. The molecular weight excluding hydrogens is 364 g/mol. The normalized spacial score (nSPS) is 15.1. The average Bonchev–Trinajstić information content (AvgIpc) is 3.08. The van der Waals surface area contributed by atoms with Gasteiger partial charge in [0, 0.05) is 51.5 Å². The summed E-state index contributed by atoms with van der Waals surface area (Å²) in [6.45, 7) is 3.55. The third-order valence-corrected chi connectivity index (χ3v) is 4.97. The molecule has 8 heteroatoms. The Morgan fingerprint density at radius 2 is 1.96 bits per heavy atom. The number of guanidine groups is 1. The zero-order valence-corrected chi connectivity index (χ0v) is 16.5. The predicted octanol–water partition coefficient (Wildman–Crippen LogP) is 1.54. The average molecular weight is 389 g/mol. The van der Waals surface area contributed by atoms with Crippen molar-refractivity contribution in [2.45, 2.75) is 13.0 Å². The number of halogens is 1. The van der Waals surface area contributed by atoms with Crippen LogP contribution in [0.25, 0.3) is 0 Å². The number of carbonyl (C=O) groups excluding carboxylic acids is 1. The molecule has 27 heavy (non-hydrogen) atoms. The van der Waals surface area contributed by atoms with Crippen molar-refractivity contribution in [2.24, 2.45) is 12.0 Å². The molecule has 1 aliphatic rings. The van der Waals surface area contributed by atoms with Crippen LogP contribution in [0, 0.1) is 0 Å². The SMILES string of the molecule is CN=C(NCc1ccnn1C)N1CCN(C(=O)Cc2cccc(Cl)c2)CC1. The van der Waals surface area contributed by atoms with Crippen molar-refractivity contribution in [3.63, 3.8) is 0 Å². The van der Waals surface area contributed by atoms with Crippen molar-refractivity contribution in [2.75, 3.05) is 33.2 Å². The van der Waals surface area contributed by atoms with Gasteiger partial charge in [0.25, 0.3) is 0 Å². The van der Waals surface area contributed by atoms with Gasteiger partial charge < -0.3 is 15.1 Å². The Kier molecular flexibility index (Phi) is 6.34.